The zero-order valence-electron chi connectivity index (χ0n) is 18.8. The summed E-state index contributed by atoms with van der Waals surface area (Å²) in [6.07, 6.45) is 4.99. The van der Waals surface area contributed by atoms with Gasteiger partial charge in [0.05, 0.1) is 17.4 Å². The first kappa shape index (κ1) is 21.5. The van der Waals surface area contributed by atoms with Crippen molar-refractivity contribution in [3.8, 4) is 11.4 Å². The van der Waals surface area contributed by atoms with E-state index in [4.69, 9.17) is 9.97 Å². The molecule has 1 aliphatic carbocycles. The van der Waals surface area contributed by atoms with Crippen LogP contribution in [0.15, 0.2) is 30.7 Å². The van der Waals surface area contributed by atoms with Gasteiger partial charge in [-0.05, 0) is 68.3 Å². The summed E-state index contributed by atoms with van der Waals surface area (Å²) in [7, 11) is 0. The van der Waals surface area contributed by atoms with Gasteiger partial charge in [0.2, 0.25) is 0 Å². The molecule has 4 aromatic rings. The van der Waals surface area contributed by atoms with E-state index in [1.807, 2.05) is 6.20 Å². The molecular formula is C25H25F3N6. The van der Waals surface area contributed by atoms with Gasteiger partial charge in [-0.1, -0.05) is 6.92 Å². The molecule has 4 aromatic heterocycles. The number of pyridine rings is 2. The summed E-state index contributed by atoms with van der Waals surface area (Å²) in [5.74, 6) is 1.59. The van der Waals surface area contributed by atoms with Crippen molar-refractivity contribution >= 4 is 21.9 Å². The molecule has 1 unspecified atom stereocenters. The molecule has 1 aliphatic heterocycles. The van der Waals surface area contributed by atoms with E-state index in [2.05, 4.69) is 27.2 Å². The van der Waals surface area contributed by atoms with E-state index in [0.29, 0.717) is 28.6 Å². The summed E-state index contributed by atoms with van der Waals surface area (Å²) in [5, 5.41) is 4.91. The molecule has 2 aliphatic rings. The highest BCUT2D eigenvalue weighted by Crippen LogP contribution is 2.46. The minimum absolute atomic E-state index is 0.173. The molecule has 0 radical (unpaired) electrons. The first-order valence-electron chi connectivity index (χ1n) is 11.9. The van der Waals surface area contributed by atoms with Gasteiger partial charge in [-0.3, -0.25) is 4.98 Å². The van der Waals surface area contributed by atoms with Crippen molar-refractivity contribution in [2.24, 2.45) is 5.92 Å². The average molecular weight is 467 g/mol. The minimum Gasteiger partial charge on any atom is -0.336 e. The van der Waals surface area contributed by atoms with Crippen LogP contribution in [0.1, 0.15) is 61.4 Å². The molecule has 0 amide bonds. The number of alkyl halides is 3. The minimum atomic E-state index is -4.49. The van der Waals surface area contributed by atoms with Crippen LogP contribution in [0.3, 0.4) is 0 Å². The number of nitrogens with one attached hydrogen (secondary N) is 2. The summed E-state index contributed by atoms with van der Waals surface area (Å²) in [6, 6.07) is 2.79. The van der Waals surface area contributed by atoms with Gasteiger partial charge in [-0.2, -0.15) is 13.2 Å². The molecule has 2 atom stereocenters. The number of rotatable bonds is 5. The first-order chi connectivity index (χ1) is 16.4. The van der Waals surface area contributed by atoms with Crippen LogP contribution in [0, 0.1) is 5.92 Å². The normalized spacial score (nSPS) is 19.8. The predicted octanol–water partition coefficient (Wildman–Crippen LogP) is 5.57. The van der Waals surface area contributed by atoms with Crippen molar-refractivity contribution in [2.75, 3.05) is 13.1 Å². The van der Waals surface area contributed by atoms with E-state index in [1.165, 1.54) is 11.8 Å². The third kappa shape index (κ3) is 3.62. The van der Waals surface area contributed by atoms with E-state index in [9.17, 15) is 13.2 Å². The zero-order chi connectivity index (χ0) is 23.4. The van der Waals surface area contributed by atoms with E-state index in [1.54, 1.807) is 12.3 Å². The Balaban J connectivity index is 1.59. The average Bonchev–Trinajstić information content (AvgIpc) is 3.33. The van der Waals surface area contributed by atoms with Crippen LogP contribution >= 0.6 is 0 Å². The zero-order valence-corrected chi connectivity index (χ0v) is 18.8. The molecule has 9 heteroatoms. The molecule has 176 valence electrons. The predicted molar refractivity (Wildman–Crippen MR) is 123 cm³/mol. The van der Waals surface area contributed by atoms with Gasteiger partial charge >= 0.3 is 6.18 Å². The fourth-order valence-corrected chi connectivity index (χ4v) is 5.38. The number of halogens is 3. The van der Waals surface area contributed by atoms with Crippen molar-refractivity contribution in [1.82, 2.24) is 30.2 Å². The highest BCUT2D eigenvalue weighted by Gasteiger charge is 2.35. The number of nitrogens with zero attached hydrogens (tertiary/aromatic N) is 4. The lowest BCUT2D eigenvalue weighted by Gasteiger charge is -2.24. The summed E-state index contributed by atoms with van der Waals surface area (Å²) in [5.41, 5.74) is 2.83. The molecule has 1 saturated heterocycles. The molecular weight excluding hydrogens is 441 g/mol. The molecule has 34 heavy (non-hydrogen) atoms. The van der Waals surface area contributed by atoms with Gasteiger partial charge in [-0.25, -0.2) is 15.0 Å². The largest absolute Gasteiger partial charge is 0.431 e. The lowest BCUT2D eigenvalue weighted by atomic mass is 9.84. The van der Waals surface area contributed by atoms with Crippen molar-refractivity contribution in [3.63, 3.8) is 0 Å². The third-order valence-electron chi connectivity index (χ3n) is 7.22. The quantitative estimate of drug-likeness (QED) is 0.402. The number of aromatic nitrogens is 5. The van der Waals surface area contributed by atoms with Crippen molar-refractivity contribution in [3.05, 3.63) is 47.7 Å². The van der Waals surface area contributed by atoms with Gasteiger partial charge in [-0.15, -0.1) is 0 Å². The highest BCUT2D eigenvalue weighted by molar-refractivity contribution is 5.94. The van der Waals surface area contributed by atoms with Gasteiger partial charge in [0.25, 0.3) is 0 Å². The number of fused-ring (bicyclic) bond motifs is 2. The number of hydrogen-bond acceptors (Lipinski definition) is 5. The molecule has 6 nitrogen and oxygen atoms in total. The van der Waals surface area contributed by atoms with Crippen molar-refractivity contribution < 1.29 is 13.2 Å². The summed E-state index contributed by atoms with van der Waals surface area (Å²) >= 11 is 0. The molecule has 1 saturated carbocycles. The molecule has 6 rings (SSSR count). The second kappa shape index (κ2) is 8.01. The summed E-state index contributed by atoms with van der Waals surface area (Å²) < 4.78 is 40.1. The fourth-order valence-electron chi connectivity index (χ4n) is 5.38. The lowest BCUT2D eigenvalue weighted by molar-refractivity contribution is -0.140. The van der Waals surface area contributed by atoms with E-state index < -0.39 is 11.9 Å². The van der Waals surface area contributed by atoms with Crippen molar-refractivity contribution in [2.45, 2.75) is 50.6 Å². The maximum absolute atomic E-state index is 13.4. The molecule has 0 aromatic carbocycles. The van der Waals surface area contributed by atoms with Crippen LogP contribution in [0.25, 0.3) is 33.3 Å². The van der Waals surface area contributed by atoms with Crippen LogP contribution in [-0.4, -0.2) is 38.0 Å². The Morgan fingerprint density at radius 1 is 1.15 bits per heavy atom. The number of aromatic amines is 1. The Bertz CT molecular complexity index is 1370. The van der Waals surface area contributed by atoms with E-state index in [-0.39, 0.29) is 11.6 Å². The summed E-state index contributed by atoms with van der Waals surface area (Å²) in [6.45, 7) is 4.11. The molecule has 2 N–H and O–H groups in total. The smallest absolute Gasteiger partial charge is 0.336 e. The Kier molecular flexibility index (Phi) is 5.05. The monoisotopic (exact) mass is 466 g/mol. The van der Waals surface area contributed by atoms with Gasteiger partial charge in [0.1, 0.15) is 11.3 Å². The highest BCUT2D eigenvalue weighted by atomic mass is 19.4. The maximum Gasteiger partial charge on any atom is 0.431 e. The second-order valence-corrected chi connectivity index (χ2v) is 9.40. The Morgan fingerprint density at radius 3 is 2.71 bits per heavy atom. The van der Waals surface area contributed by atoms with Gasteiger partial charge in [0, 0.05) is 34.6 Å². The lowest BCUT2D eigenvalue weighted by Crippen LogP contribution is -2.18. The Labute approximate surface area is 194 Å². The van der Waals surface area contributed by atoms with Gasteiger partial charge < -0.3 is 10.3 Å². The SMILES string of the molecule is CCC(c1nc(-c2ccnc3[nH]c(C(F)(F)F)cc23)nc2cncc(C3CC3)c12)[C@H]1CCNC1. The molecule has 5 heterocycles. The molecule has 2 fully saturated rings. The Morgan fingerprint density at radius 2 is 2.00 bits per heavy atom. The van der Waals surface area contributed by atoms with Crippen LogP contribution in [0.2, 0.25) is 0 Å². The summed E-state index contributed by atoms with van der Waals surface area (Å²) in [4.78, 5) is 20.9. The van der Waals surface area contributed by atoms with Crippen LogP contribution in [0.4, 0.5) is 13.2 Å². The number of hydrogen-bond donors (Lipinski definition) is 2. The van der Waals surface area contributed by atoms with Crippen LogP contribution in [-0.2, 0) is 6.18 Å². The molecule has 0 bridgehead atoms. The van der Waals surface area contributed by atoms with Crippen molar-refractivity contribution in [1.29, 1.82) is 0 Å². The standard InChI is InChI=1S/C25H25F3N6/c1-2-15(14-5-7-29-10-14)22-21-18(13-3-4-13)11-30-12-19(21)32-24(34-22)16-6-8-31-23-17(16)9-20(33-23)25(26,27)28/h6,8-9,11-15,29H,2-5,7,10H2,1H3,(H,31,33)/t14-,15?/m0/s1. The second-order valence-electron chi connectivity index (χ2n) is 9.40. The topological polar surface area (TPSA) is 79.4 Å². The van der Waals surface area contributed by atoms with Gasteiger partial charge in [0.15, 0.2) is 5.82 Å². The third-order valence-corrected chi connectivity index (χ3v) is 7.22. The van der Waals surface area contributed by atoms with E-state index in [0.717, 1.165) is 61.4 Å². The fraction of sp³-hybridized carbons (Fsp3) is 0.440. The Hall–Kier alpha value is -3.07. The van der Waals surface area contributed by atoms with E-state index >= 15 is 0 Å². The first-order valence-corrected chi connectivity index (χ1v) is 11.9. The maximum atomic E-state index is 13.4. The number of H-pyrrole nitrogens is 1. The van der Waals surface area contributed by atoms with Crippen LogP contribution in [0.5, 0.6) is 0 Å². The van der Waals surface area contributed by atoms with Crippen LogP contribution < -0.4 is 5.32 Å². The molecule has 0 spiro atoms.